The van der Waals surface area contributed by atoms with Gasteiger partial charge in [-0.3, -0.25) is 4.79 Å². The molecule has 2 aromatic carbocycles. The highest BCUT2D eigenvalue weighted by atomic mass is 16.3. The van der Waals surface area contributed by atoms with Crippen LogP contribution in [-0.4, -0.2) is 10.9 Å². The van der Waals surface area contributed by atoms with Crippen LogP contribution < -0.4 is 0 Å². The van der Waals surface area contributed by atoms with E-state index in [-0.39, 0.29) is 5.78 Å². The molecule has 0 aliphatic carbocycles. The van der Waals surface area contributed by atoms with Gasteiger partial charge in [0.2, 0.25) is 0 Å². The molecule has 0 saturated carbocycles. The summed E-state index contributed by atoms with van der Waals surface area (Å²) in [6.45, 7) is 2.91. The van der Waals surface area contributed by atoms with Crippen LogP contribution in [0.3, 0.4) is 0 Å². The number of carbonyl (C=O) groups is 1. The lowest BCUT2D eigenvalue weighted by atomic mass is 9.91. The summed E-state index contributed by atoms with van der Waals surface area (Å²) in [5.41, 5.74) is 1.40. The van der Waals surface area contributed by atoms with Crippen LogP contribution in [0.25, 0.3) is 11.1 Å². The van der Waals surface area contributed by atoms with Gasteiger partial charge in [0.25, 0.3) is 0 Å². The number of rotatable bonds is 3. The Morgan fingerprint density at radius 1 is 0.944 bits per heavy atom. The lowest BCUT2D eigenvalue weighted by molar-refractivity contribution is -0.134. The number of Topliss-reactive ketones (excluding diaryl/α,β-unsaturated/α-hetero) is 1. The van der Waals surface area contributed by atoms with Crippen LogP contribution in [0.4, 0.5) is 0 Å². The van der Waals surface area contributed by atoms with Crippen LogP contribution in [0.15, 0.2) is 54.6 Å². The maximum atomic E-state index is 11.4. The van der Waals surface area contributed by atoms with Gasteiger partial charge in [0.1, 0.15) is 5.60 Å². The van der Waals surface area contributed by atoms with Gasteiger partial charge in [-0.25, -0.2) is 0 Å². The average Bonchev–Trinajstić information content (AvgIpc) is 2.40. The van der Waals surface area contributed by atoms with Crippen LogP contribution in [0.2, 0.25) is 0 Å². The molecule has 2 rings (SSSR count). The third-order valence-corrected chi connectivity index (χ3v) is 3.24. The van der Waals surface area contributed by atoms with Crippen LogP contribution in [0.1, 0.15) is 19.4 Å². The van der Waals surface area contributed by atoms with E-state index in [1.165, 1.54) is 13.8 Å². The fourth-order valence-electron chi connectivity index (χ4n) is 1.82. The van der Waals surface area contributed by atoms with Crippen molar-refractivity contribution in [2.75, 3.05) is 0 Å². The molecule has 0 radical (unpaired) electrons. The highest BCUT2D eigenvalue weighted by molar-refractivity contribution is 5.85. The first-order valence-corrected chi connectivity index (χ1v) is 5.91. The molecule has 0 heterocycles. The summed E-state index contributed by atoms with van der Waals surface area (Å²) in [5.74, 6) is -0.255. The highest BCUT2D eigenvalue weighted by Gasteiger charge is 2.28. The zero-order valence-corrected chi connectivity index (χ0v) is 10.6. The Bertz CT molecular complexity index is 539. The molecule has 18 heavy (non-hydrogen) atoms. The van der Waals surface area contributed by atoms with Gasteiger partial charge >= 0.3 is 0 Å². The maximum absolute atomic E-state index is 11.4. The Hall–Kier alpha value is -1.93. The SMILES string of the molecule is CC(=O)C(C)(O)c1ccc(-c2ccccc2)cc1. The number of hydrogen-bond acceptors (Lipinski definition) is 2. The van der Waals surface area contributed by atoms with E-state index in [0.29, 0.717) is 5.56 Å². The van der Waals surface area contributed by atoms with E-state index in [4.69, 9.17) is 0 Å². The van der Waals surface area contributed by atoms with Gasteiger partial charge < -0.3 is 5.11 Å². The minimum absolute atomic E-state index is 0.255. The monoisotopic (exact) mass is 240 g/mol. The van der Waals surface area contributed by atoms with Gasteiger partial charge in [0.15, 0.2) is 5.78 Å². The molecule has 0 fully saturated rings. The third kappa shape index (κ3) is 2.34. The molecule has 1 atom stereocenters. The minimum Gasteiger partial charge on any atom is -0.378 e. The largest absolute Gasteiger partial charge is 0.378 e. The van der Waals surface area contributed by atoms with E-state index in [2.05, 4.69) is 0 Å². The molecule has 0 aliphatic heterocycles. The summed E-state index contributed by atoms with van der Waals surface area (Å²) in [6.07, 6.45) is 0. The quantitative estimate of drug-likeness (QED) is 0.894. The standard InChI is InChI=1S/C16H16O2/c1-12(17)16(2,18)15-10-8-14(9-11-15)13-6-4-3-5-7-13/h3-11,18H,1-2H3. The number of aliphatic hydroxyl groups is 1. The maximum Gasteiger partial charge on any atom is 0.165 e. The van der Waals surface area contributed by atoms with Crippen molar-refractivity contribution >= 4 is 5.78 Å². The van der Waals surface area contributed by atoms with Gasteiger partial charge in [0, 0.05) is 0 Å². The summed E-state index contributed by atoms with van der Waals surface area (Å²) < 4.78 is 0. The Labute approximate surface area is 107 Å². The Morgan fingerprint density at radius 2 is 1.44 bits per heavy atom. The van der Waals surface area contributed by atoms with E-state index >= 15 is 0 Å². The van der Waals surface area contributed by atoms with Crippen molar-refractivity contribution in [2.45, 2.75) is 19.4 Å². The number of ketones is 1. The molecule has 0 spiro atoms. The smallest absolute Gasteiger partial charge is 0.165 e. The minimum atomic E-state index is -1.41. The van der Waals surface area contributed by atoms with Crippen LogP contribution in [0, 0.1) is 0 Å². The predicted octanol–water partition coefficient (Wildman–Crippen LogP) is 3.15. The first kappa shape index (κ1) is 12.5. The zero-order valence-electron chi connectivity index (χ0n) is 10.6. The van der Waals surface area contributed by atoms with Crippen LogP contribution in [-0.2, 0) is 10.4 Å². The molecule has 0 bridgehead atoms. The molecule has 92 valence electrons. The van der Waals surface area contributed by atoms with Crippen molar-refractivity contribution in [1.29, 1.82) is 0 Å². The third-order valence-electron chi connectivity index (χ3n) is 3.24. The van der Waals surface area contributed by atoms with Gasteiger partial charge in [0.05, 0.1) is 0 Å². The van der Waals surface area contributed by atoms with E-state index in [0.717, 1.165) is 11.1 Å². The average molecular weight is 240 g/mol. The molecule has 0 aromatic heterocycles. The Balaban J connectivity index is 2.35. The summed E-state index contributed by atoms with van der Waals surface area (Å²) in [6, 6.07) is 17.4. The second kappa shape index (κ2) is 4.75. The lowest BCUT2D eigenvalue weighted by Gasteiger charge is -2.20. The summed E-state index contributed by atoms with van der Waals surface area (Å²) in [7, 11) is 0. The molecular weight excluding hydrogens is 224 g/mol. The van der Waals surface area contributed by atoms with E-state index in [1.54, 1.807) is 12.1 Å². The molecule has 2 nitrogen and oxygen atoms in total. The van der Waals surface area contributed by atoms with Gasteiger partial charge in [-0.1, -0.05) is 54.6 Å². The van der Waals surface area contributed by atoms with E-state index < -0.39 is 5.60 Å². The van der Waals surface area contributed by atoms with E-state index in [1.807, 2.05) is 42.5 Å². The molecule has 0 aliphatic rings. The normalized spacial score (nSPS) is 13.9. The van der Waals surface area contributed by atoms with Gasteiger partial charge in [-0.15, -0.1) is 0 Å². The van der Waals surface area contributed by atoms with Gasteiger partial charge in [-0.05, 0) is 30.5 Å². The van der Waals surface area contributed by atoms with Crippen molar-refractivity contribution in [3.05, 3.63) is 60.2 Å². The molecule has 0 amide bonds. The predicted molar refractivity (Wildman–Crippen MR) is 72.1 cm³/mol. The summed E-state index contributed by atoms with van der Waals surface area (Å²) in [4.78, 5) is 11.4. The van der Waals surface area contributed by atoms with Crippen molar-refractivity contribution in [3.8, 4) is 11.1 Å². The molecule has 2 heteroatoms. The zero-order chi connectivity index (χ0) is 13.2. The van der Waals surface area contributed by atoms with Crippen molar-refractivity contribution < 1.29 is 9.90 Å². The van der Waals surface area contributed by atoms with Crippen LogP contribution in [0.5, 0.6) is 0 Å². The topological polar surface area (TPSA) is 37.3 Å². The fourth-order valence-corrected chi connectivity index (χ4v) is 1.82. The highest BCUT2D eigenvalue weighted by Crippen LogP contribution is 2.25. The number of carbonyl (C=O) groups excluding carboxylic acids is 1. The summed E-state index contributed by atoms with van der Waals surface area (Å²) in [5, 5.41) is 10.1. The first-order chi connectivity index (χ1) is 8.51. The van der Waals surface area contributed by atoms with Crippen molar-refractivity contribution in [1.82, 2.24) is 0 Å². The second-order valence-electron chi connectivity index (χ2n) is 4.57. The Morgan fingerprint density at radius 3 is 1.94 bits per heavy atom. The lowest BCUT2D eigenvalue weighted by Crippen LogP contribution is -2.29. The number of benzene rings is 2. The molecular formula is C16H16O2. The number of hydrogen-bond donors (Lipinski definition) is 1. The fraction of sp³-hybridized carbons (Fsp3) is 0.188. The van der Waals surface area contributed by atoms with E-state index in [9.17, 15) is 9.90 Å². The van der Waals surface area contributed by atoms with Crippen LogP contribution >= 0.6 is 0 Å². The van der Waals surface area contributed by atoms with Crippen molar-refractivity contribution in [2.24, 2.45) is 0 Å². The van der Waals surface area contributed by atoms with Crippen molar-refractivity contribution in [3.63, 3.8) is 0 Å². The first-order valence-electron chi connectivity index (χ1n) is 5.91. The molecule has 0 saturated heterocycles. The second-order valence-corrected chi connectivity index (χ2v) is 4.57. The summed E-state index contributed by atoms with van der Waals surface area (Å²) >= 11 is 0. The molecule has 2 aromatic rings. The Kier molecular flexibility index (Phi) is 3.30. The molecule has 1 unspecified atom stereocenters. The van der Waals surface area contributed by atoms with Gasteiger partial charge in [-0.2, -0.15) is 0 Å². The molecule has 1 N–H and O–H groups in total.